The van der Waals surface area contributed by atoms with E-state index in [9.17, 15) is 4.79 Å². The van der Waals surface area contributed by atoms with Crippen LogP contribution >= 0.6 is 11.6 Å². The number of aromatic nitrogens is 4. The summed E-state index contributed by atoms with van der Waals surface area (Å²) in [4.78, 5) is 19.1. The molecule has 1 aromatic carbocycles. The van der Waals surface area contributed by atoms with Crippen molar-refractivity contribution in [3.63, 3.8) is 0 Å². The first-order valence-electron chi connectivity index (χ1n) is 5.83. The summed E-state index contributed by atoms with van der Waals surface area (Å²) >= 11 is 6.17. The van der Waals surface area contributed by atoms with E-state index in [4.69, 9.17) is 21.8 Å². The molecule has 0 aliphatic heterocycles. The van der Waals surface area contributed by atoms with Crippen molar-refractivity contribution in [3.05, 3.63) is 47.7 Å². The van der Waals surface area contributed by atoms with Crippen LogP contribution in [0.15, 0.2) is 41.4 Å². The molecule has 0 aliphatic rings. The number of benzene rings is 1. The number of carbonyl (C=O) groups is 1. The molecule has 1 amide bonds. The quantitative estimate of drug-likeness (QED) is 0.792. The number of rotatable bonds is 3. The van der Waals surface area contributed by atoms with E-state index in [1.807, 2.05) is 0 Å². The van der Waals surface area contributed by atoms with Crippen LogP contribution in [-0.2, 0) is 0 Å². The van der Waals surface area contributed by atoms with E-state index in [1.165, 1.54) is 18.8 Å². The van der Waals surface area contributed by atoms with Crippen LogP contribution in [0.25, 0.3) is 22.7 Å². The number of amides is 1. The van der Waals surface area contributed by atoms with Gasteiger partial charge in [-0.1, -0.05) is 11.6 Å². The predicted octanol–water partition coefficient (Wildman–Crippen LogP) is 1.95. The summed E-state index contributed by atoms with van der Waals surface area (Å²) < 4.78 is 5.14. The lowest BCUT2D eigenvalue weighted by molar-refractivity contribution is 0.0995. The van der Waals surface area contributed by atoms with Crippen LogP contribution in [0.1, 0.15) is 10.5 Å². The molecule has 21 heavy (non-hydrogen) atoms. The van der Waals surface area contributed by atoms with Crippen molar-refractivity contribution in [1.82, 2.24) is 20.2 Å². The van der Waals surface area contributed by atoms with Gasteiger partial charge in [-0.2, -0.15) is 0 Å². The third kappa shape index (κ3) is 2.59. The summed E-state index contributed by atoms with van der Waals surface area (Å²) in [6, 6.07) is 5.20. The third-order valence-electron chi connectivity index (χ3n) is 2.75. The number of nitrogens with zero attached hydrogens (tertiary/aromatic N) is 4. The molecule has 0 unspecified atom stereocenters. The van der Waals surface area contributed by atoms with E-state index >= 15 is 0 Å². The first kappa shape index (κ1) is 13.2. The van der Waals surface area contributed by atoms with Crippen LogP contribution in [0.4, 0.5) is 0 Å². The van der Waals surface area contributed by atoms with Gasteiger partial charge in [-0.3, -0.25) is 9.78 Å². The van der Waals surface area contributed by atoms with Crippen LogP contribution in [0.3, 0.4) is 0 Å². The number of halogens is 1. The maximum Gasteiger partial charge on any atom is 0.268 e. The van der Waals surface area contributed by atoms with Crippen molar-refractivity contribution in [2.45, 2.75) is 0 Å². The van der Waals surface area contributed by atoms with Crippen molar-refractivity contribution >= 4 is 17.5 Å². The second-order valence-corrected chi connectivity index (χ2v) is 4.50. The van der Waals surface area contributed by atoms with Crippen LogP contribution < -0.4 is 5.73 Å². The fourth-order valence-corrected chi connectivity index (χ4v) is 1.96. The van der Waals surface area contributed by atoms with E-state index in [0.717, 1.165) is 0 Å². The number of carbonyl (C=O) groups excluding carboxylic acids is 1. The molecule has 0 fully saturated rings. The highest BCUT2D eigenvalue weighted by Crippen LogP contribution is 2.30. The first-order chi connectivity index (χ1) is 10.1. The van der Waals surface area contributed by atoms with Gasteiger partial charge in [0.05, 0.1) is 23.1 Å². The minimum atomic E-state index is -0.639. The molecule has 0 bridgehead atoms. The Morgan fingerprint density at radius 2 is 2.10 bits per heavy atom. The number of nitrogens with two attached hydrogens (primary N) is 1. The highest BCUT2D eigenvalue weighted by Gasteiger charge is 2.11. The second kappa shape index (κ2) is 5.29. The summed E-state index contributed by atoms with van der Waals surface area (Å²) in [6.45, 7) is 0. The Hall–Kier alpha value is -2.80. The Kier molecular flexibility index (Phi) is 3.33. The maximum absolute atomic E-state index is 11.0. The summed E-state index contributed by atoms with van der Waals surface area (Å²) in [5.41, 5.74) is 7.05. The van der Waals surface area contributed by atoms with Gasteiger partial charge in [0.15, 0.2) is 0 Å². The minimum Gasteiger partial charge on any atom is -0.423 e. The average Bonchev–Trinajstić information content (AvgIpc) is 3.02. The molecule has 0 spiro atoms. The lowest BCUT2D eigenvalue weighted by Crippen LogP contribution is -2.13. The van der Waals surface area contributed by atoms with Crippen molar-refractivity contribution < 1.29 is 9.21 Å². The van der Waals surface area contributed by atoms with Gasteiger partial charge in [0.25, 0.3) is 5.91 Å². The van der Waals surface area contributed by atoms with E-state index in [2.05, 4.69) is 20.2 Å². The van der Waals surface area contributed by atoms with Gasteiger partial charge >= 0.3 is 0 Å². The van der Waals surface area contributed by atoms with Crippen molar-refractivity contribution in [2.24, 2.45) is 5.73 Å². The Morgan fingerprint density at radius 1 is 1.24 bits per heavy atom. The summed E-state index contributed by atoms with van der Waals surface area (Å²) in [5, 5.41) is 7.94. The van der Waals surface area contributed by atoms with Crippen LogP contribution in [0, 0.1) is 0 Å². The lowest BCUT2D eigenvalue weighted by Gasteiger charge is -2.05. The smallest absolute Gasteiger partial charge is 0.268 e. The Balaban J connectivity index is 2.05. The van der Waals surface area contributed by atoms with Gasteiger partial charge in [0.2, 0.25) is 12.3 Å². The second-order valence-electron chi connectivity index (χ2n) is 4.09. The minimum absolute atomic E-state index is 0.0860. The molecular formula is C13H8ClN5O2. The van der Waals surface area contributed by atoms with Gasteiger partial charge in [-0.05, 0) is 18.2 Å². The Labute approximate surface area is 123 Å². The SMILES string of the molecule is NC(=O)c1cnc(-c2cc(-c3nnco3)ccc2Cl)cn1. The molecule has 0 saturated heterocycles. The maximum atomic E-state index is 11.0. The topological polar surface area (TPSA) is 108 Å². The molecule has 3 aromatic rings. The van der Waals surface area contributed by atoms with Gasteiger partial charge in [0.1, 0.15) is 5.69 Å². The zero-order chi connectivity index (χ0) is 14.8. The Bertz CT molecular complexity index is 787. The molecule has 2 heterocycles. The zero-order valence-electron chi connectivity index (χ0n) is 10.5. The van der Waals surface area contributed by atoms with Crippen LogP contribution in [-0.4, -0.2) is 26.1 Å². The van der Waals surface area contributed by atoms with E-state index < -0.39 is 5.91 Å². The predicted molar refractivity (Wildman–Crippen MR) is 74.3 cm³/mol. The van der Waals surface area contributed by atoms with Crippen molar-refractivity contribution in [2.75, 3.05) is 0 Å². The van der Waals surface area contributed by atoms with Crippen molar-refractivity contribution in [3.8, 4) is 22.7 Å². The average molecular weight is 302 g/mol. The van der Waals surface area contributed by atoms with E-state index in [0.29, 0.717) is 27.7 Å². The molecule has 0 radical (unpaired) electrons. The highest BCUT2D eigenvalue weighted by atomic mass is 35.5. The summed E-state index contributed by atoms with van der Waals surface area (Å²) in [6.07, 6.45) is 3.97. The van der Waals surface area contributed by atoms with Crippen LogP contribution in [0.2, 0.25) is 5.02 Å². The Morgan fingerprint density at radius 3 is 2.71 bits per heavy atom. The summed E-state index contributed by atoms with van der Waals surface area (Å²) in [5.74, 6) is -0.269. The molecule has 2 N–H and O–H groups in total. The fourth-order valence-electron chi connectivity index (χ4n) is 1.75. The molecule has 2 aromatic heterocycles. The van der Waals surface area contributed by atoms with E-state index in [1.54, 1.807) is 18.2 Å². The molecule has 0 atom stereocenters. The van der Waals surface area contributed by atoms with Gasteiger partial charge in [-0.15, -0.1) is 10.2 Å². The number of primary amides is 1. The molecule has 8 heteroatoms. The molecular weight excluding hydrogens is 294 g/mol. The standard InChI is InChI=1S/C13H8ClN5O2/c14-9-2-1-7(13-19-18-6-21-13)3-8(9)10-4-17-11(5-16-10)12(15)20/h1-6H,(H2,15,20). The summed E-state index contributed by atoms with van der Waals surface area (Å²) in [7, 11) is 0. The molecule has 0 saturated carbocycles. The van der Waals surface area contributed by atoms with E-state index in [-0.39, 0.29) is 5.69 Å². The lowest BCUT2D eigenvalue weighted by atomic mass is 10.1. The van der Waals surface area contributed by atoms with Gasteiger partial charge in [-0.25, -0.2) is 4.98 Å². The molecule has 0 aliphatic carbocycles. The van der Waals surface area contributed by atoms with Gasteiger partial charge < -0.3 is 10.2 Å². The monoisotopic (exact) mass is 301 g/mol. The van der Waals surface area contributed by atoms with Crippen LogP contribution in [0.5, 0.6) is 0 Å². The zero-order valence-corrected chi connectivity index (χ0v) is 11.3. The normalized spacial score (nSPS) is 10.5. The first-order valence-corrected chi connectivity index (χ1v) is 6.21. The third-order valence-corrected chi connectivity index (χ3v) is 3.08. The molecule has 3 rings (SSSR count). The molecule has 7 nitrogen and oxygen atoms in total. The fraction of sp³-hybridized carbons (Fsp3) is 0. The van der Waals surface area contributed by atoms with Gasteiger partial charge in [0, 0.05) is 11.1 Å². The number of hydrogen-bond acceptors (Lipinski definition) is 6. The highest BCUT2D eigenvalue weighted by molar-refractivity contribution is 6.33. The largest absolute Gasteiger partial charge is 0.423 e. The molecule has 104 valence electrons. The van der Waals surface area contributed by atoms with Crippen molar-refractivity contribution in [1.29, 1.82) is 0 Å². The number of hydrogen-bond donors (Lipinski definition) is 1.